The minimum absolute atomic E-state index is 0.404. The summed E-state index contributed by atoms with van der Waals surface area (Å²) < 4.78 is 1.06. The predicted molar refractivity (Wildman–Crippen MR) is 93.0 cm³/mol. The van der Waals surface area contributed by atoms with Crippen molar-refractivity contribution in [1.82, 2.24) is 10.3 Å². The van der Waals surface area contributed by atoms with Crippen LogP contribution in [0.2, 0.25) is 0 Å². The van der Waals surface area contributed by atoms with Crippen LogP contribution in [0.3, 0.4) is 0 Å². The van der Waals surface area contributed by atoms with E-state index in [-0.39, 0.29) is 0 Å². The molecule has 0 radical (unpaired) electrons. The topological polar surface area (TPSA) is 24.9 Å². The number of likely N-dealkylation sites (N-methyl/N-ethyl adjacent to an activating group) is 1. The van der Waals surface area contributed by atoms with Gasteiger partial charge in [-0.2, -0.15) is 0 Å². The van der Waals surface area contributed by atoms with Crippen LogP contribution in [-0.2, 0) is 19.3 Å². The molecule has 1 unspecified atom stereocenters. The van der Waals surface area contributed by atoms with E-state index in [1.54, 1.807) is 10.4 Å². The lowest BCUT2D eigenvalue weighted by molar-refractivity contribution is 0.557. The smallest absolute Gasteiger partial charge is 0.0456 e. The van der Waals surface area contributed by atoms with Gasteiger partial charge in [0.2, 0.25) is 0 Å². The van der Waals surface area contributed by atoms with E-state index in [9.17, 15) is 0 Å². The lowest BCUT2D eigenvalue weighted by Gasteiger charge is -2.16. The molecule has 0 aliphatic heterocycles. The van der Waals surface area contributed by atoms with Crippen molar-refractivity contribution in [3.63, 3.8) is 0 Å². The lowest BCUT2D eigenvalue weighted by atomic mass is 9.98. The quantitative estimate of drug-likeness (QED) is 0.832. The summed E-state index contributed by atoms with van der Waals surface area (Å²) in [5.41, 5.74) is 2.87. The van der Waals surface area contributed by atoms with E-state index in [0.29, 0.717) is 6.04 Å². The van der Waals surface area contributed by atoms with Gasteiger partial charge in [-0.05, 0) is 77.8 Å². The first-order valence-corrected chi connectivity index (χ1v) is 9.31. The summed E-state index contributed by atoms with van der Waals surface area (Å²) in [5, 5.41) is 3.64. The third-order valence-corrected chi connectivity index (χ3v) is 5.80. The molecule has 0 saturated carbocycles. The summed E-state index contributed by atoms with van der Waals surface area (Å²) in [6.45, 7) is 3.17. The first-order chi connectivity index (χ1) is 10.3. The Morgan fingerprint density at radius 2 is 2.14 bits per heavy atom. The number of thiophene rings is 1. The minimum atomic E-state index is 0.404. The second kappa shape index (κ2) is 7.03. The SMILES string of the molecule is CCNC(Cc1cncc(Br)c1)c1cc2c(s1)CCCC2. The van der Waals surface area contributed by atoms with Crippen molar-refractivity contribution >= 4 is 27.3 Å². The molecule has 3 rings (SSSR count). The maximum Gasteiger partial charge on any atom is 0.0456 e. The molecule has 1 aliphatic rings. The summed E-state index contributed by atoms with van der Waals surface area (Å²) in [5.74, 6) is 0. The molecule has 2 nitrogen and oxygen atoms in total. The molecular weight excluding hydrogens is 344 g/mol. The predicted octanol–water partition coefficient (Wildman–Crippen LogP) is 4.68. The van der Waals surface area contributed by atoms with Crippen molar-refractivity contribution in [2.75, 3.05) is 6.54 Å². The Morgan fingerprint density at radius 1 is 1.29 bits per heavy atom. The van der Waals surface area contributed by atoms with Gasteiger partial charge in [-0.15, -0.1) is 11.3 Å². The van der Waals surface area contributed by atoms with E-state index >= 15 is 0 Å². The number of hydrogen-bond donors (Lipinski definition) is 1. The van der Waals surface area contributed by atoms with Crippen LogP contribution in [0.15, 0.2) is 29.0 Å². The summed E-state index contributed by atoms with van der Waals surface area (Å²) in [4.78, 5) is 7.39. The highest BCUT2D eigenvalue weighted by Gasteiger charge is 2.19. The van der Waals surface area contributed by atoms with E-state index < -0.39 is 0 Å². The van der Waals surface area contributed by atoms with Gasteiger partial charge in [-0.1, -0.05) is 6.92 Å². The number of hydrogen-bond acceptors (Lipinski definition) is 3. The third-order valence-electron chi connectivity index (χ3n) is 4.01. The highest BCUT2D eigenvalue weighted by molar-refractivity contribution is 9.10. The molecule has 21 heavy (non-hydrogen) atoms. The van der Waals surface area contributed by atoms with Crippen LogP contribution >= 0.6 is 27.3 Å². The molecule has 0 fully saturated rings. The zero-order valence-electron chi connectivity index (χ0n) is 12.4. The van der Waals surface area contributed by atoms with Gasteiger partial charge in [0, 0.05) is 32.7 Å². The van der Waals surface area contributed by atoms with Gasteiger partial charge in [0.1, 0.15) is 0 Å². The highest BCUT2D eigenvalue weighted by atomic mass is 79.9. The number of fused-ring (bicyclic) bond motifs is 1. The molecule has 0 aromatic carbocycles. The standard InChI is InChI=1S/C17H21BrN2S/c1-2-20-15(8-12-7-14(18)11-19-10-12)17-9-13-5-3-4-6-16(13)21-17/h7,9-11,15,20H,2-6,8H2,1H3. The molecule has 0 spiro atoms. The fourth-order valence-electron chi connectivity index (χ4n) is 3.01. The molecule has 2 aromatic heterocycles. The summed E-state index contributed by atoms with van der Waals surface area (Å²) in [7, 11) is 0. The van der Waals surface area contributed by atoms with Crippen LogP contribution in [0.25, 0.3) is 0 Å². The molecule has 1 atom stereocenters. The molecule has 0 saturated heterocycles. The Morgan fingerprint density at radius 3 is 2.90 bits per heavy atom. The zero-order chi connectivity index (χ0) is 14.7. The first-order valence-electron chi connectivity index (χ1n) is 7.70. The molecule has 0 bridgehead atoms. The molecule has 4 heteroatoms. The molecular formula is C17H21BrN2S. The van der Waals surface area contributed by atoms with Crippen LogP contribution in [0.4, 0.5) is 0 Å². The second-order valence-corrected chi connectivity index (χ2v) is 7.71. The van der Waals surface area contributed by atoms with Crippen LogP contribution < -0.4 is 5.32 Å². The summed E-state index contributed by atoms with van der Waals surface area (Å²) in [6.07, 6.45) is 10.1. The van der Waals surface area contributed by atoms with Crippen LogP contribution in [0.5, 0.6) is 0 Å². The van der Waals surface area contributed by atoms with E-state index in [0.717, 1.165) is 17.4 Å². The average Bonchev–Trinajstić information content (AvgIpc) is 2.91. The molecule has 0 amide bonds. The van der Waals surface area contributed by atoms with E-state index in [2.05, 4.69) is 45.3 Å². The van der Waals surface area contributed by atoms with E-state index in [1.165, 1.54) is 36.1 Å². The highest BCUT2D eigenvalue weighted by Crippen LogP contribution is 2.34. The van der Waals surface area contributed by atoms with Crippen molar-refractivity contribution in [3.05, 3.63) is 49.9 Å². The molecule has 2 heterocycles. The van der Waals surface area contributed by atoms with Gasteiger partial charge in [0.25, 0.3) is 0 Å². The third kappa shape index (κ3) is 3.74. The van der Waals surface area contributed by atoms with Gasteiger partial charge < -0.3 is 5.32 Å². The molecule has 2 aromatic rings. The van der Waals surface area contributed by atoms with Crippen LogP contribution in [-0.4, -0.2) is 11.5 Å². The molecule has 112 valence electrons. The molecule has 1 aliphatic carbocycles. The average molecular weight is 365 g/mol. The number of rotatable bonds is 5. The van der Waals surface area contributed by atoms with Gasteiger partial charge in [0.15, 0.2) is 0 Å². The fraction of sp³-hybridized carbons (Fsp3) is 0.471. The number of nitrogens with zero attached hydrogens (tertiary/aromatic N) is 1. The number of pyridine rings is 1. The number of aromatic nitrogens is 1. The Kier molecular flexibility index (Phi) is 5.09. The van der Waals surface area contributed by atoms with Crippen molar-refractivity contribution in [1.29, 1.82) is 0 Å². The van der Waals surface area contributed by atoms with Crippen LogP contribution in [0.1, 0.15) is 46.7 Å². The summed E-state index contributed by atoms with van der Waals surface area (Å²) >= 11 is 5.53. The zero-order valence-corrected chi connectivity index (χ0v) is 14.8. The van der Waals surface area contributed by atoms with E-state index in [1.807, 2.05) is 23.7 Å². The summed E-state index contributed by atoms with van der Waals surface area (Å²) in [6, 6.07) is 5.02. The first kappa shape index (κ1) is 15.2. The van der Waals surface area contributed by atoms with Gasteiger partial charge in [0.05, 0.1) is 0 Å². The van der Waals surface area contributed by atoms with Gasteiger partial charge in [-0.25, -0.2) is 0 Å². The number of halogens is 1. The Hall–Kier alpha value is -0.710. The maximum absolute atomic E-state index is 4.28. The van der Waals surface area contributed by atoms with Gasteiger partial charge >= 0.3 is 0 Å². The second-order valence-electron chi connectivity index (χ2n) is 5.63. The van der Waals surface area contributed by atoms with Crippen molar-refractivity contribution in [3.8, 4) is 0 Å². The maximum atomic E-state index is 4.28. The Labute approximate surface area is 139 Å². The Balaban J connectivity index is 1.82. The number of nitrogens with one attached hydrogen (secondary N) is 1. The number of aryl methyl sites for hydroxylation is 2. The van der Waals surface area contributed by atoms with Gasteiger partial charge in [-0.3, -0.25) is 4.98 Å². The van der Waals surface area contributed by atoms with Crippen molar-refractivity contribution in [2.24, 2.45) is 0 Å². The normalized spacial score (nSPS) is 15.7. The largest absolute Gasteiger partial charge is 0.309 e. The van der Waals surface area contributed by atoms with Crippen LogP contribution in [0, 0.1) is 0 Å². The van der Waals surface area contributed by atoms with Crippen molar-refractivity contribution in [2.45, 2.75) is 45.1 Å². The lowest BCUT2D eigenvalue weighted by Crippen LogP contribution is -2.22. The Bertz CT molecular complexity index is 585. The minimum Gasteiger partial charge on any atom is -0.309 e. The fourth-order valence-corrected chi connectivity index (χ4v) is 4.75. The monoisotopic (exact) mass is 364 g/mol. The van der Waals surface area contributed by atoms with Crippen molar-refractivity contribution < 1.29 is 0 Å². The van der Waals surface area contributed by atoms with E-state index in [4.69, 9.17) is 0 Å². The molecule has 1 N–H and O–H groups in total.